The standard InChI is InChI=1S/C8H8N4O3.C4H5N3O2.C4H7NO2S/c1-2-14-8(13)7-9-6(10-11-7)5-3-4-15-12-5;5-6-4(8)3-1-2-9-7-3;1-2-7-4(6)3(5)8/h3-4H,2H2,1H3,(H,9,10,11);1-2H,5H2,(H,6,8);2H2,1H3,(H2,5,8). The van der Waals surface area contributed by atoms with E-state index in [-0.39, 0.29) is 16.5 Å². The molecule has 0 saturated heterocycles. The Morgan fingerprint density at radius 2 is 1.78 bits per heavy atom. The van der Waals surface area contributed by atoms with Crippen LogP contribution >= 0.6 is 12.2 Å². The molecule has 15 nitrogen and oxygen atoms in total. The molecule has 3 heterocycles. The van der Waals surface area contributed by atoms with Gasteiger partial charge < -0.3 is 24.3 Å². The molecule has 32 heavy (non-hydrogen) atoms. The summed E-state index contributed by atoms with van der Waals surface area (Å²) in [6.07, 6.45) is 2.69. The molecule has 0 fully saturated rings. The maximum absolute atomic E-state index is 11.2. The number of aromatic nitrogens is 5. The topological polar surface area (TPSA) is 227 Å². The number of hydrogen-bond acceptors (Lipinski definition) is 13. The second-order valence-electron chi connectivity index (χ2n) is 5.06. The Labute approximate surface area is 185 Å². The number of hydrogen-bond donors (Lipinski definition) is 4. The minimum absolute atomic E-state index is 0.0508. The fourth-order valence-electron chi connectivity index (χ4n) is 1.60. The zero-order valence-electron chi connectivity index (χ0n) is 16.9. The number of thiocarbonyl (C=S) groups is 1. The number of carbonyl (C=O) groups is 3. The summed E-state index contributed by atoms with van der Waals surface area (Å²) in [5.41, 5.74) is 7.42. The van der Waals surface area contributed by atoms with Crippen LogP contribution in [0.1, 0.15) is 35.0 Å². The lowest BCUT2D eigenvalue weighted by Gasteiger charge is -1.95. The summed E-state index contributed by atoms with van der Waals surface area (Å²) >= 11 is 4.29. The number of carbonyl (C=O) groups excluding carboxylic acids is 3. The SMILES string of the molecule is CCOC(=O)C(N)=S.CCOC(=O)c1nc(-c2ccon2)n[nH]1.NNC(=O)c1ccon1. The van der Waals surface area contributed by atoms with E-state index >= 15 is 0 Å². The number of nitrogen functional groups attached to an aromatic ring is 1. The van der Waals surface area contributed by atoms with Crippen molar-refractivity contribution in [3.05, 3.63) is 36.2 Å². The van der Waals surface area contributed by atoms with E-state index in [1.54, 1.807) is 19.9 Å². The second-order valence-corrected chi connectivity index (χ2v) is 5.50. The largest absolute Gasteiger partial charge is 0.461 e. The Hall–Kier alpha value is -4.18. The van der Waals surface area contributed by atoms with Crippen LogP contribution in [0.15, 0.2) is 33.7 Å². The number of ether oxygens (including phenoxy) is 2. The molecule has 0 saturated carbocycles. The van der Waals surface area contributed by atoms with E-state index in [2.05, 4.69) is 51.5 Å². The molecule has 0 unspecified atom stereocenters. The number of rotatable bonds is 5. The summed E-state index contributed by atoms with van der Waals surface area (Å²) < 4.78 is 18.1. The molecule has 0 aliphatic rings. The van der Waals surface area contributed by atoms with E-state index in [0.717, 1.165) is 0 Å². The molecule has 0 spiro atoms. The predicted octanol–water partition coefficient (Wildman–Crippen LogP) is -0.250. The third-order valence-electron chi connectivity index (χ3n) is 2.90. The molecule has 0 aromatic carbocycles. The fourth-order valence-corrected chi connectivity index (χ4v) is 1.66. The van der Waals surface area contributed by atoms with Crippen molar-refractivity contribution in [2.75, 3.05) is 13.2 Å². The molecular weight excluding hydrogens is 448 g/mol. The van der Waals surface area contributed by atoms with Crippen molar-refractivity contribution in [1.82, 2.24) is 30.9 Å². The number of H-pyrrole nitrogens is 1. The first-order valence-corrected chi connectivity index (χ1v) is 9.12. The van der Waals surface area contributed by atoms with Crippen molar-refractivity contribution in [2.45, 2.75) is 13.8 Å². The van der Waals surface area contributed by atoms with Crippen LogP contribution < -0.4 is 17.0 Å². The van der Waals surface area contributed by atoms with Gasteiger partial charge in [-0.05, 0) is 13.8 Å². The van der Waals surface area contributed by atoms with Crippen molar-refractivity contribution >= 4 is 35.1 Å². The number of aromatic amines is 1. The minimum Gasteiger partial charge on any atom is -0.461 e. The van der Waals surface area contributed by atoms with Crippen LogP contribution in [-0.2, 0) is 14.3 Å². The van der Waals surface area contributed by atoms with E-state index < -0.39 is 17.8 Å². The van der Waals surface area contributed by atoms with Gasteiger partial charge in [0.25, 0.3) is 5.91 Å². The minimum atomic E-state index is -0.609. The number of nitrogens with one attached hydrogen (secondary N) is 2. The number of nitrogens with zero attached hydrogens (tertiary/aromatic N) is 4. The van der Waals surface area contributed by atoms with Crippen molar-refractivity contribution < 1.29 is 32.9 Å². The summed E-state index contributed by atoms with van der Waals surface area (Å²) in [6, 6.07) is 3.01. The number of esters is 2. The number of amides is 1. The van der Waals surface area contributed by atoms with Gasteiger partial charge in [-0.2, -0.15) is 10.1 Å². The lowest BCUT2D eigenvalue weighted by molar-refractivity contribution is -0.134. The highest BCUT2D eigenvalue weighted by molar-refractivity contribution is 7.81. The lowest BCUT2D eigenvalue weighted by Crippen LogP contribution is -2.30. The summed E-state index contributed by atoms with van der Waals surface area (Å²) in [5, 5.41) is 13.2. The van der Waals surface area contributed by atoms with Crippen molar-refractivity contribution in [3.63, 3.8) is 0 Å². The lowest BCUT2D eigenvalue weighted by atomic mass is 10.4. The molecule has 0 aliphatic carbocycles. The van der Waals surface area contributed by atoms with Gasteiger partial charge in [-0.25, -0.2) is 15.4 Å². The molecule has 1 amide bonds. The highest BCUT2D eigenvalue weighted by Crippen LogP contribution is 2.10. The summed E-state index contributed by atoms with van der Waals surface area (Å²) in [6.45, 7) is 4.01. The first-order valence-electron chi connectivity index (χ1n) is 8.72. The molecule has 172 valence electrons. The van der Waals surface area contributed by atoms with Crippen molar-refractivity contribution in [1.29, 1.82) is 0 Å². The van der Waals surface area contributed by atoms with Crippen molar-refractivity contribution in [2.24, 2.45) is 11.6 Å². The Morgan fingerprint density at radius 3 is 2.25 bits per heavy atom. The molecule has 0 atom stereocenters. The first-order chi connectivity index (χ1) is 15.3. The van der Waals surface area contributed by atoms with E-state index in [4.69, 9.17) is 16.3 Å². The molecule has 6 N–H and O–H groups in total. The Bertz CT molecular complexity index is 988. The normalized spacial score (nSPS) is 9.34. The third kappa shape index (κ3) is 8.67. The molecular formula is C16H20N8O7S. The third-order valence-corrected chi connectivity index (χ3v) is 3.07. The predicted molar refractivity (Wildman–Crippen MR) is 109 cm³/mol. The summed E-state index contributed by atoms with van der Waals surface area (Å²) in [4.78, 5) is 35.7. The maximum atomic E-state index is 11.2. The Kier molecular flexibility index (Phi) is 11.3. The van der Waals surface area contributed by atoms with Gasteiger partial charge in [0, 0.05) is 12.1 Å². The second kappa shape index (κ2) is 13.9. The summed E-state index contributed by atoms with van der Waals surface area (Å²) in [5.74, 6) is 3.53. The molecule has 3 rings (SSSR count). The fraction of sp³-hybridized carbons (Fsp3) is 0.250. The smallest absolute Gasteiger partial charge is 0.375 e. The number of hydrazine groups is 1. The van der Waals surface area contributed by atoms with Crippen LogP contribution in [0.4, 0.5) is 0 Å². The zero-order chi connectivity index (χ0) is 23.9. The molecule has 3 aromatic heterocycles. The monoisotopic (exact) mass is 468 g/mol. The van der Waals surface area contributed by atoms with Gasteiger partial charge in [0.15, 0.2) is 16.4 Å². The van der Waals surface area contributed by atoms with Crippen LogP contribution in [-0.4, -0.2) is 61.5 Å². The van der Waals surface area contributed by atoms with E-state index in [0.29, 0.717) is 24.7 Å². The highest BCUT2D eigenvalue weighted by Gasteiger charge is 2.14. The molecule has 0 aliphatic heterocycles. The molecule has 3 aromatic rings. The number of nitrogens with two attached hydrogens (primary N) is 2. The molecule has 16 heteroatoms. The van der Waals surface area contributed by atoms with Gasteiger partial charge in [-0.1, -0.05) is 22.5 Å². The van der Waals surface area contributed by atoms with Gasteiger partial charge in [0.05, 0.1) is 13.2 Å². The quantitative estimate of drug-likeness (QED) is 0.124. The van der Waals surface area contributed by atoms with Crippen LogP contribution in [0.3, 0.4) is 0 Å². The van der Waals surface area contributed by atoms with Gasteiger partial charge in [-0.3, -0.25) is 15.3 Å². The van der Waals surface area contributed by atoms with E-state index in [1.807, 2.05) is 5.43 Å². The maximum Gasteiger partial charge on any atom is 0.375 e. The molecule has 0 bridgehead atoms. The molecule has 0 radical (unpaired) electrons. The van der Waals surface area contributed by atoms with E-state index in [9.17, 15) is 14.4 Å². The summed E-state index contributed by atoms with van der Waals surface area (Å²) in [7, 11) is 0. The van der Waals surface area contributed by atoms with Crippen molar-refractivity contribution in [3.8, 4) is 11.5 Å². The van der Waals surface area contributed by atoms with Gasteiger partial charge in [0.2, 0.25) is 11.6 Å². The Balaban J connectivity index is 0.000000260. The van der Waals surface area contributed by atoms with Gasteiger partial charge in [0.1, 0.15) is 12.5 Å². The zero-order valence-corrected chi connectivity index (χ0v) is 17.7. The van der Waals surface area contributed by atoms with Crippen LogP contribution in [0, 0.1) is 0 Å². The average Bonchev–Trinajstić information content (AvgIpc) is 3.56. The van der Waals surface area contributed by atoms with Gasteiger partial charge >= 0.3 is 11.9 Å². The average molecular weight is 468 g/mol. The van der Waals surface area contributed by atoms with Crippen LogP contribution in [0.5, 0.6) is 0 Å². The van der Waals surface area contributed by atoms with Crippen LogP contribution in [0.2, 0.25) is 0 Å². The Morgan fingerprint density at radius 1 is 1.12 bits per heavy atom. The highest BCUT2D eigenvalue weighted by atomic mass is 32.1. The van der Waals surface area contributed by atoms with Crippen LogP contribution in [0.25, 0.3) is 11.5 Å². The first kappa shape index (κ1) is 25.9. The van der Waals surface area contributed by atoms with Gasteiger partial charge in [-0.15, -0.1) is 0 Å². The van der Waals surface area contributed by atoms with E-state index in [1.165, 1.54) is 18.6 Å².